The number of para-hydroxylation sites is 1. The fourth-order valence-corrected chi connectivity index (χ4v) is 0.613. The van der Waals surface area contributed by atoms with E-state index in [1.807, 2.05) is 0 Å². The highest BCUT2D eigenvalue weighted by Crippen LogP contribution is 2.28. The van der Waals surface area contributed by atoms with Gasteiger partial charge in [-0.2, -0.15) is 0 Å². The SMILES string of the molecule is [O-]c1c(O)cccc1NO. The molecule has 0 aliphatic heterocycles. The molecule has 4 heteroatoms. The molecule has 3 N–H and O–H groups in total. The van der Waals surface area contributed by atoms with Gasteiger partial charge in [0.25, 0.3) is 0 Å². The number of phenols is 1. The summed E-state index contributed by atoms with van der Waals surface area (Å²) in [7, 11) is 0. The average Bonchev–Trinajstić information content (AvgIpc) is 1.95. The molecule has 0 heterocycles. The Morgan fingerprint density at radius 1 is 1.40 bits per heavy atom. The largest absolute Gasteiger partial charge is 0.869 e. The van der Waals surface area contributed by atoms with Crippen molar-refractivity contribution < 1.29 is 15.4 Å². The molecule has 0 aliphatic carbocycles. The molecule has 54 valence electrons. The predicted molar refractivity (Wildman–Crippen MR) is 33.0 cm³/mol. The first kappa shape index (κ1) is 6.70. The molecular weight excluding hydrogens is 134 g/mol. The highest BCUT2D eigenvalue weighted by Gasteiger charge is 1.93. The van der Waals surface area contributed by atoms with Gasteiger partial charge in [0.2, 0.25) is 0 Å². The molecule has 0 saturated carbocycles. The topological polar surface area (TPSA) is 75.5 Å². The highest BCUT2D eigenvalue weighted by atomic mass is 16.5. The van der Waals surface area contributed by atoms with E-state index in [9.17, 15) is 5.11 Å². The van der Waals surface area contributed by atoms with E-state index in [0.717, 1.165) is 0 Å². The zero-order valence-corrected chi connectivity index (χ0v) is 5.03. The van der Waals surface area contributed by atoms with Gasteiger partial charge in [0.15, 0.2) is 0 Å². The lowest BCUT2D eigenvalue weighted by molar-refractivity contribution is -0.269. The van der Waals surface area contributed by atoms with Gasteiger partial charge in [-0.15, -0.1) is 0 Å². The molecule has 0 unspecified atom stereocenters. The highest BCUT2D eigenvalue weighted by molar-refractivity contribution is 5.59. The van der Waals surface area contributed by atoms with Gasteiger partial charge in [-0.05, 0) is 17.9 Å². The van der Waals surface area contributed by atoms with Gasteiger partial charge in [-0.1, -0.05) is 6.07 Å². The predicted octanol–water partition coefficient (Wildman–Crippen LogP) is 0.267. The Hall–Kier alpha value is -1.42. The van der Waals surface area contributed by atoms with Crippen molar-refractivity contribution in [3.05, 3.63) is 18.2 Å². The third kappa shape index (κ3) is 0.964. The molecule has 0 amide bonds. The number of anilines is 1. The quantitative estimate of drug-likeness (QED) is 0.489. The van der Waals surface area contributed by atoms with E-state index >= 15 is 0 Å². The Bertz CT molecular complexity index is 236. The molecule has 0 atom stereocenters. The molecule has 0 spiro atoms. The van der Waals surface area contributed by atoms with Crippen LogP contribution in [-0.2, 0) is 0 Å². The van der Waals surface area contributed by atoms with Crippen molar-refractivity contribution in [1.29, 1.82) is 0 Å². The summed E-state index contributed by atoms with van der Waals surface area (Å²) in [5, 5.41) is 27.8. The Morgan fingerprint density at radius 2 is 2.10 bits per heavy atom. The van der Waals surface area contributed by atoms with Crippen LogP contribution >= 0.6 is 0 Å². The third-order valence-electron chi connectivity index (χ3n) is 1.11. The minimum atomic E-state index is -0.606. The average molecular weight is 140 g/mol. The number of phenolic OH excluding ortho intramolecular Hbond substituents is 1. The zero-order chi connectivity index (χ0) is 7.56. The molecule has 1 aromatic rings. The number of hydrogen-bond acceptors (Lipinski definition) is 4. The second kappa shape index (κ2) is 2.45. The summed E-state index contributed by atoms with van der Waals surface area (Å²) in [5.41, 5.74) is 1.64. The van der Waals surface area contributed by atoms with E-state index in [1.54, 1.807) is 5.48 Å². The molecule has 4 nitrogen and oxygen atoms in total. The van der Waals surface area contributed by atoms with E-state index in [-0.39, 0.29) is 11.4 Å². The van der Waals surface area contributed by atoms with Crippen LogP contribution in [0, 0.1) is 0 Å². The standard InChI is InChI=1S/C6H7NO3/c8-5-3-1-2-4(7-10)6(5)9/h1-3,7-10H/p-1. The van der Waals surface area contributed by atoms with Crippen molar-refractivity contribution in [1.82, 2.24) is 0 Å². The minimum Gasteiger partial charge on any atom is -0.869 e. The molecule has 0 bridgehead atoms. The fourth-order valence-electron chi connectivity index (χ4n) is 0.613. The minimum absolute atomic E-state index is 0.0278. The van der Waals surface area contributed by atoms with Gasteiger partial charge in [0, 0.05) is 0 Å². The van der Waals surface area contributed by atoms with E-state index in [2.05, 4.69) is 0 Å². The number of benzene rings is 1. The van der Waals surface area contributed by atoms with Crippen molar-refractivity contribution in [2.75, 3.05) is 5.48 Å². The summed E-state index contributed by atoms with van der Waals surface area (Å²) in [4.78, 5) is 0. The smallest absolute Gasteiger partial charge is 0.109 e. The number of nitrogens with one attached hydrogen (secondary N) is 1. The van der Waals surface area contributed by atoms with Crippen molar-refractivity contribution >= 4 is 5.69 Å². The van der Waals surface area contributed by atoms with Gasteiger partial charge >= 0.3 is 0 Å². The van der Waals surface area contributed by atoms with E-state index < -0.39 is 5.75 Å². The Labute approximate surface area is 57.3 Å². The molecule has 1 rings (SSSR count). The second-order valence-electron chi connectivity index (χ2n) is 1.77. The van der Waals surface area contributed by atoms with Crippen molar-refractivity contribution in [3.8, 4) is 11.5 Å². The van der Waals surface area contributed by atoms with Gasteiger partial charge in [0.1, 0.15) is 5.75 Å². The Morgan fingerprint density at radius 3 is 2.60 bits per heavy atom. The summed E-state index contributed by atoms with van der Waals surface area (Å²) in [6.45, 7) is 0. The van der Waals surface area contributed by atoms with E-state index in [1.165, 1.54) is 18.2 Å². The first-order valence-electron chi connectivity index (χ1n) is 2.65. The molecule has 10 heavy (non-hydrogen) atoms. The summed E-state index contributed by atoms with van der Waals surface area (Å²) in [6.07, 6.45) is 0. The molecule has 0 aliphatic rings. The van der Waals surface area contributed by atoms with Gasteiger partial charge in [-0.25, -0.2) is 0 Å². The first-order chi connectivity index (χ1) is 4.75. The van der Waals surface area contributed by atoms with Gasteiger partial charge < -0.3 is 10.2 Å². The van der Waals surface area contributed by atoms with Crippen molar-refractivity contribution in [2.24, 2.45) is 0 Å². The summed E-state index contributed by atoms with van der Waals surface area (Å²) >= 11 is 0. The lowest BCUT2D eigenvalue weighted by Gasteiger charge is -2.12. The van der Waals surface area contributed by atoms with Crippen LogP contribution in [0.15, 0.2) is 18.2 Å². The number of aromatic hydroxyl groups is 1. The normalized spacial score (nSPS) is 9.30. The maximum Gasteiger partial charge on any atom is 0.109 e. The Kier molecular flexibility index (Phi) is 1.64. The number of hydrogen-bond donors (Lipinski definition) is 3. The lowest BCUT2D eigenvalue weighted by atomic mass is 10.3. The number of rotatable bonds is 1. The van der Waals surface area contributed by atoms with Gasteiger partial charge in [0.05, 0.1) is 5.69 Å². The van der Waals surface area contributed by atoms with Crippen molar-refractivity contribution in [3.63, 3.8) is 0 Å². The molecule has 0 fully saturated rings. The van der Waals surface area contributed by atoms with E-state index in [0.29, 0.717) is 0 Å². The summed E-state index contributed by atoms with van der Waals surface area (Å²) < 4.78 is 0. The van der Waals surface area contributed by atoms with Gasteiger partial charge in [-0.3, -0.25) is 10.7 Å². The molecule has 0 radical (unpaired) electrons. The van der Waals surface area contributed by atoms with Crippen LogP contribution in [0.4, 0.5) is 5.69 Å². The lowest BCUT2D eigenvalue weighted by Crippen LogP contribution is -1.97. The first-order valence-corrected chi connectivity index (χ1v) is 2.65. The summed E-state index contributed by atoms with van der Waals surface area (Å²) in [5.74, 6) is -0.982. The zero-order valence-electron chi connectivity index (χ0n) is 5.03. The van der Waals surface area contributed by atoms with Crippen LogP contribution in [0.2, 0.25) is 0 Å². The van der Waals surface area contributed by atoms with Crippen LogP contribution in [-0.4, -0.2) is 10.3 Å². The van der Waals surface area contributed by atoms with Crippen LogP contribution in [0.5, 0.6) is 11.5 Å². The second-order valence-corrected chi connectivity index (χ2v) is 1.77. The van der Waals surface area contributed by atoms with Crippen LogP contribution in [0.1, 0.15) is 0 Å². The molecule has 0 aromatic heterocycles. The maximum atomic E-state index is 10.7. The Balaban J connectivity index is 3.14. The third-order valence-corrected chi connectivity index (χ3v) is 1.11. The molecule has 1 aromatic carbocycles. The monoisotopic (exact) mass is 140 g/mol. The van der Waals surface area contributed by atoms with Crippen molar-refractivity contribution in [2.45, 2.75) is 0 Å². The van der Waals surface area contributed by atoms with E-state index in [4.69, 9.17) is 10.3 Å². The van der Waals surface area contributed by atoms with Crippen LogP contribution in [0.3, 0.4) is 0 Å². The molecule has 0 saturated heterocycles. The fraction of sp³-hybridized carbons (Fsp3) is 0. The van der Waals surface area contributed by atoms with Crippen LogP contribution < -0.4 is 10.6 Å². The van der Waals surface area contributed by atoms with Crippen LogP contribution in [0.25, 0.3) is 0 Å². The summed E-state index contributed by atoms with van der Waals surface area (Å²) in [6, 6.07) is 4.07. The maximum absolute atomic E-state index is 10.7. The molecular formula is C6H6NO3-.